The summed E-state index contributed by atoms with van der Waals surface area (Å²) in [4.78, 5) is 12.2. The van der Waals surface area contributed by atoms with Crippen LogP contribution in [0.15, 0.2) is 60.7 Å². The Balaban J connectivity index is 1.70. The van der Waals surface area contributed by atoms with Crippen LogP contribution in [0.1, 0.15) is 6.92 Å². The molecule has 0 bridgehead atoms. The molecule has 0 fully saturated rings. The molecule has 3 aromatic carbocycles. The minimum absolute atomic E-state index is 0.140. The molecule has 3 nitrogen and oxygen atoms in total. The minimum Gasteiger partial charge on any atom is -0.481 e. The van der Waals surface area contributed by atoms with Gasteiger partial charge in [0.25, 0.3) is 5.91 Å². The van der Waals surface area contributed by atoms with Crippen molar-refractivity contribution in [2.24, 2.45) is 0 Å². The highest BCUT2D eigenvalue weighted by Gasteiger charge is 2.16. The quantitative estimate of drug-likeness (QED) is 0.720. The fourth-order valence-electron chi connectivity index (χ4n) is 2.32. The van der Waals surface area contributed by atoms with Gasteiger partial charge in [-0.3, -0.25) is 4.79 Å². The van der Waals surface area contributed by atoms with Crippen LogP contribution in [0.2, 0.25) is 5.02 Å². The number of ether oxygens (including phenoxy) is 1. The Hall–Kier alpha value is -2.59. The first-order valence-electron chi connectivity index (χ1n) is 7.44. The summed E-state index contributed by atoms with van der Waals surface area (Å²) >= 11 is 5.91. The van der Waals surface area contributed by atoms with Crippen molar-refractivity contribution in [2.75, 3.05) is 5.32 Å². The van der Waals surface area contributed by atoms with Crippen molar-refractivity contribution in [3.05, 3.63) is 71.5 Å². The summed E-state index contributed by atoms with van der Waals surface area (Å²) < 4.78 is 18.7. The predicted molar refractivity (Wildman–Crippen MR) is 94.1 cm³/mol. The van der Waals surface area contributed by atoms with Crippen LogP contribution in [0, 0.1) is 5.82 Å². The Labute approximate surface area is 144 Å². The molecule has 1 atom stereocenters. The number of carbonyl (C=O) groups is 1. The van der Waals surface area contributed by atoms with E-state index in [4.69, 9.17) is 16.3 Å². The van der Waals surface area contributed by atoms with E-state index in [0.717, 1.165) is 16.8 Å². The number of anilines is 1. The van der Waals surface area contributed by atoms with Gasteiger partial charge in [0.05, 0.1) is 10.7 Å². The van der Waals surface area contributed by atoms with Gasteiger partial charge in [0.2, 0.25) is 0 Å². The second kappa shape index (κ2) is 6.89. The summed E-state index contributed by atoms with van der Waals surface area (Å²) in [6.07, 6.45) is -0.729. The van der Waals surface area contributed by atoms with Crippen molar-refractivity contribution < 1.29 is 13.9 Å². The molecule has 1 amide bonds. The van der Waals surface area contributed by atoms with Gasteiger partial charge < -0.3 is 10.1 Å². The second-order valence-corrected chi connectivity index (χ2v) is 5.79. The summed E-state index contributed by atoms with van der Waals surface area (Å²) in [7, 11) is 0. The Morgan fingerprint density at radius 2 is 1.83 bits per heavy atom. The molecule has 5 heteroatoms. The molecule has 0 radical (unpaired) electrons. The minimum atomic E-state index is -0.729. The maximum atomic E-state index is 13.0. The van der Waals surface area contributed by atoms with E-state index in [1.165, 1.54) is 12.1 Å². The SMILES string of the molecule is C[C@H](Oc1ccc2ccccc2c1)C(=O)Nc1ccc(F)cc1Cl. The number of amides is 1. The molecule has 122 valence electrons. The molecular formula is C19H15ClFNO2. The Morgan fingerprint density at radius 1 is 1.08 bits per heavy atom. The van der Waals surface area contributed by atoms with Crippen molar-refractivity contribution in [1.82, 2.24) is 0 Å². The number of hydrogen-bond donors (Lipinski definition) is 1. The van der Waals surface area contributed by atoms with E-state index in [0.29, 0.717) is 11.4 Å². The van der Waals surface area contributed by atoms with E-state index < -0.39 is 11.9 Å². The first kappa shape index (κ1) is 16.3. The van der Waals surface area contributed by atoms with Crippen LogP contribution in [-0.4, -0.2) is 12.0 Å². The molecule has 1 N–H and O–H groups in total. The third-order valence-electron chi connectivity index (χ3n) is 3.59. The van der Waals surface area contributed by atoms with E-state index in [9.17, 15) is 9.18 Å². The smallest absolute Gasteiger partial charge is 0.265 e. The zero-order valence-electron chi connectivity index (χ0n) is 12.9. The van der Waals surface area contributed by atoms with Crippen LogP contribution < -0.4 is 10.1 Å². The summed E-state index contributed by atoms with van der Waals surface area (Å²) in [6.45, 7) is 1.64. The van der Waals surface area contributed by atoms with Gasteiger partial charge >= 0.3 is 0 Å². The standard InChI is InChI=1S/C19H15ClFNO2/c1-12(19(23)22-18-9-7-15(21)11-17(18)20)24-16-8-6-13-4-2-3-5-14(13)10-16/h2-12H,1H3,(H,22,23)/t12-/m0/s1. The monoisotopic (exact) mass is 343 g/mol. The van der Waals surface area contributed by atoms with Gasteiger partial charge in [-0.15, -0.1) is 0 Å². The average Bonchev–Trinajstić information content (AvgIpc) is 2.57. The number of nitrogens with one attached hydrogen (secondary N) is 1. The Bertz CT molecular complexity index is 897. The molecular weight excluding hydrogens is 329 g/mol. The topological polar surface area (TPSA) is 38.3 Å². The predicted octanol–water partition coefficient (Wildman–Crippen LogP) is 5.04. The van der Waals surface area contributed by atoms with Crippen molar-refractivity contribution in [1.29, 1.82) is 0 Å². The lowest BCUT2D eigenvalue weighted by Crippen LogP contribution is -2.30. The van der Waals surface area contributed by atoms with Gasteiger partial charge in [-0.1, -0.05) is 41.9 Å². The third-order valence-corrected chi connectivity index (χ3v) is 3.90. The van der Waals surface area contributed by atoms with Gasteiger partial charge in [0.15, 0.2) is 6.10 Å². The fourth-order valence-corrected chi connectivity index (χ4v) is 2.54. The van der Waals surface area contributed by atoms with Crippen LogP contribution in [0.5, 0.6) is 5.75 Å². The lowest BCUT2D eigenvalue weighted by molar-refractivity contribution is -0.122. The lowest BCUT2D eigenvalue weighted by Gasteiger charge is -2.15. The molecule has 0 aromatic heterocycles. The molecule has 3 aromatic rings. The number of carbonyl (C=O) groups excluding carboxylic acids is 1. The highest BCUT2D eigenvalue weighted by molar-refractivity contribution is 6.33. The normalized spacial score (nSPS) is 12.0. The van der Waals surface area contributed by atoms with Crippen molar-refractivity contribution in [2.45, 2.75) is 13.0 Å². The summed E-state index contributed by atoms with van der Waals surface area (Å²) in [5.41, 5.74) is 0.344. The summed E-state index contributed by atoms with van der Waals surface area (Å²) in [5.74, 6) is -0.225. The molecule has 0 spiro atoms. The lowest BCUT2D eigenvalue weighted by atomic mass is 10.1. The van der Waals surface area contributed by atoms with Gasteiger partial charge in [0, 0.05) is 0 Å². The maximum absolute atomic E-state index is 13.0. The highest BCUT2D eigenvalue weighted by Crippen LogP contribution is 2.24. The molecule has 0 saturated carbocycles. The zero-order chi connectivity index (χ0) is 17.1. The fraction of sp³-hybridized carbons (Fsp3) is 0.105. The second-order valence-electron chi connectivity index (χ2n) is 5.38. The van der Waals surface area contributed by atoms with Gasteiger partial charge in [-0.05, 0) is 48.0 Å². The zero-order valence-corrected chi connectivity index (χ0v) is 13.7. The van der Waals surface area contributed by atoms with E-state index >= 15 is 0 Å². The largest absolute Gasteiger partial charge is 0.481 e. The first-order chi connectivity index (χ1) is 11.5. The van der Waals surface area contributed by atoms with Crippen LogP contribution in [-0.2, 0) is 4.79 Å². The molecule has 0 aliphatic heterocycles. The molecule has 0 aliphatic carbocycles. The van der Waals surface area contributed by atoms with Gasteiger partial charge in [0.1, 0.15) is 11.6 Å². The number of hydrogen-bond acceptors (Lipinski definition) is 2. The van der Waals surface area contributed by atoms with E-state index in [1.54, 1.807) is 6.92 Å². The molecule has 24 heavy (non-hydrogen) atoms. The number of rotatable bonds is 4. The van der Waals surface area contributed by atoms with Crippen LogP contribution >= 0.6 is 11.6 Å². The number of fused-ring (bicyclic) bond motifs is 1. The van der Waals surface area contributed by atoms with Gasteiger partial charge in [-0.2, -0.15) is 0 Å². The average molecular weight is 344 g/mol. The van der Waals surface area contributed by atoms with Gasteiger partial charge in [-0.25, -0.2) is 4.39 Å². The first-order valence-corrected chi connectivity index (χ1v) is 7.82. The van der Waals surface area contributed by atoms with Crippen LogP contribution in [0.4, 0.5) is 10.1 Å². The molecule has 0 heterocycles. The molecule has 0 aliphatic rings. The van der Waals surface area contributed by atoms with E-state index in [-0.39, 0.29) is 10.9 Å². The highest BCUT2D eigenvalue weighted by atomic mass is 35.5. The third kappa shape index (κ3) is 3.66. The molecule has 0 saturated heterocycles. The van der Waals surface area contributed by atoms with Crippen LogP contribution in [0.3, 0.4) is 0 Å². The number of halogens is 2. The Kier molecular flexibility index (Phi) is 4.67. The van der Waals surface area contributed by atoms with E-state index in [2.05, 4.69) is 5.32 Å². The maximum Gasteiger partial charge on any atom is 0.265 e. The number of benzene rings is 3. The molecule has 0 unspecified atom stereocenters. The molecule has 3 rings (SSSR count). The van der Waals surface area contributed by atoms with Crippen molar-refractivity contribution in [3.8, 4) is 5.75 Å². The van der Waals surface area contributed by atoms with E-state index in [1.807, 2.05) is 42.5 Å². The van der Waals surface area contributed by atoms with Crippen molar-refractivity contribution in [3.63, 3.8) is 0 Å². The van der Waals surface area contributed by atoms with Crippen molar-refractivity contribution >= 4 is 34.0 Å². The van der Waals surface area contributed by atoms with Crippen LogP contribution in [0.25, 0.3) is 10.8 Å². The summed E-state index contributed by atoms with van der Waals surface area (Å²) in [6, 6.07) is 17.3. The summed E-state index contributed by atoms with van der Waals surface area (Å²) in [5, 5.41) is 4.90. The Morgan fingerprint density at radius 3 is 2.58 bits per heavy atom.